The van der Waals surface area contributed by atoms with E-state index in [0.717, 1.165) is 10.9 Å². The number of halogens is 1. The quantitative estimate of drug-likeness (QED) is 0.416. The number of thiocarbonyl (C=S) groups is 1. The third kappa shape index (κ3) is 3.91. The van der Waals surface area contributed by atoms with Crippen LogP contribution in [-0.2, 0) is 15.1 Å². The summed E-state index contributed by atoms with van der Waals surface area (Å²) in [5.41, 5.74) is 1.30. The van der Waals surface area contributed by atoms with Gasteiger partial charge < -0.3 is 10.1 Å². The van der Waals surface area contributed by atoms with Crippen molar-refractivity contribution in [2.75, 3.05) is 14.1 Å². The maximum absolute atomic E-state index is 9.74. The number of benzene rings is 1. The number of rotatable bonds is 1. The minimum absolute atomic E-state index is 0.0280. The number of azo groups is 1. The van der Waals surface area contributed by atoms with Crippen LogP contribution in [0.2, 0.25) is 0 Å². The van der Waals surface area contributed by atoms with Crippen LogP contribution in [0.15, 0.2) is 29.4 Å². The normalized spacial score (nSPS) is 10.4. The number of nitrogens with zero attached hydrogens (tertiary/aromatic N) is 2. The number of aromatic amines is 1. The van der Waals surface area contributed by atoms with Gasteiger partial charge in [-0.15, -0.1) is 5.11 Å². The molecule has 5 nitrogen and oxygen atoms in total. The summed E-state index contributed by atoms with van der Waals surface area (Å²) in [4.78, 5) is 4.57. The molecule has 0 spiro atoms. The van der Waals surface area contributed by atoms with Gasteiger partial charge >= 0.3 is 30.3 Å². The molecule has 8 heteroatoms. The van der Waals surface area contributed by atoms with Gasteiger partial charge in [0.05, 0.1) is 19.6 Å². The van der Waals surface area contributed by atoms with E-state index >= 15 is 0 Å². The first-order valence-electron chi connectivity index (χ1n) is 5.18. The van der Waals surface area contributed by atoms with Gasteiger partial charge in [-0.3, -0.25) is 4.90 Å². The zero-order valence-electron chi connectivity index (χ0n) is 10.2. The molecule has 1 aromatic carbocycles. The second-order valence-electron chi connectivity index (χ2n) is 3.79. The average molecular weight is 348 g/mol. The number of fused-ring (bicyclic) bond motifs is 1. The molecule has 105 valence electrons. The van der Waals surface area contributed by atoms with Crippen molar-refractivity contribution < 1.29 is 25.3 Å². The Balaban J connectivity index is 0.000000861. The fourth-order valence-corrected chi connectivity index (χ4v) is 1.48. The zero-order valence-corrected chi connectivity index (χ0v) is 12.8. The average Bonchev–Trinajstić information content (AvgIpc) is 2.74. The molecule has 0 saturated heterocycles. The fraction of sp³-hybridized carbons (Fsp3) is 0.182. The molecule has 1 aromatic heterocycles. The molecule has 3 N–H and O–H groups in total. The van der Waals surface area contributed by atoms with Gasteiger partial charge in [0, 0.05) is 17.6 Å². The molecule has 2 aromatic rings. The van der Waals surface area contributed by atoms with Crippen molar-refractivity contribution in [3.63, 3.8) is 0 Å². The maximum atomic E-state index is 9.74. The SMILES string of the molecule is CN(C)C(=S)[NH+]=Nc1c(O)[nH]c2ccccc12.[Cl][Cu+]. The van der Waals surface area contributed by atoms with Gasteiger partial charge in [0.15, 0.2) is 5.69 Å². The summed E-state index contributed by atoms with van der Waals surface area (Å²) < 4.78 is 0. The van der Waals surface area contributed by atoms with Crippen molar-refractivity contribution in [1.29, 1.82) is 0 Å². The van der Waals surface area contributed by atoms with Crippen LogP contribution in [-0.4, -0.2) is 34.2 Å². The first-order chi connectivity index (χ1) is 9.09. The van der Waals surface area contributed by atoms with Gasteiger partial charge in [-0.25, -0.2) is 0 Å². The van der Waals surface area contributed by atoms with Crippen LogP contribution in [0, 0.1) is 0 Å². The Morgan fingerprint density at radius 3 is 2.68 bits per heavy atom. The summed E-state index contributed by atoms with van der Waals surface area (Å²) in [6.45, 7) is 0. The number of hydrogen-bond donors (Lipinski definition) is 3. The van der Waals surface area contributed by atoms with Gasteiger partial charge in [-0.2, -0.15) is 0 Å². The summed E-state index contributed by atoms with van der Waals surface area (Å²) in [6.07, 6.45) is 0. The number of hydrogen-bond acceptors (Lipinski definition) is 3. The van der Waals surface area contributed by atoms with Crippen molar-refractivity contribution in [3.05, 3.63) is 24.3 Å². The molecule has 0 bridgehead atoms. The van der Waals surface area contributed by atoms with Crippen LogP contribution in [0.5, 0.6) is 5.88 Å². The second-order valence-corrected chi connectivity index (χ2v) is 4.18. The molecule has 0 aliphatic carbocycles. The number of para-hydroxylation sites is 1. The standard InChI is InChI=1S/C11H12N4OS.ClH.Cu/c1-15(2)11(17)14-13-9-7-5-3-4-6-8(7)12-10(9)16;;/h3-6,12,16H,1-2H3;1H;/q;;+2. The van der Waals surface area contributed by atoms with Crippen molar-refractivity contribution in [3.8, 4) is 5.88 Å². The van der Waals surface area contributed by atoms with Crippen LogP contribution in [0.3, 0.4) is 0 Å². The predicted molar refractivity (Wildman–Crippen MR) is 75.2 cm³/mol. The van der Waals surface area contributed by atoms with Gasteiger partial charge in [0.2, 0.25) is 5.88 Å². The van der Waals surface area contributed by atoms with Gasteiger partial charge in [-0.1, -0.05) is 23.3 Å². The summed E-state index contributed by atoms with van der Waals surface area (Å²) >= 11 is 8.71. The summed E-state index contributed by atoms with van der Waals surface area (Å²) in [5, 5.41) is 17.9. The number of nitrogens with one attached hydrogen (secondary N) is 2. The van der Waals surface area contributed by atoms with E-state index in [4.69, 9.17) is 12.2 Å². The molecule has 1 heterocycles. The molecule has 0 radical (unpaired) electrons. The molecular weight excluding hydrogens is 335 g/mol. The molecule has 0 aliphatic rings. The van der Waals surface area contributed by atoms with Gasteiger partial charge in [0.1, 0.15) is 0 Å². The van der Waals surface area contributed by atoms with Crippen LogP contribution in [0.25, 0.3) is 10.9 Å². The number of aromatic hydroxyl groups is 1. The monoisotopic (exact) mass is 347 g/mol. The van der Waals surface area contributed by atoms with E-state index in [2.05, 4.69) is 40.4 Å². The van der Waals surface area contributed by atoms with E-state index in [1.165, 1.54) is 0 Å². The Kier molecular flexibility index (Phi) is 6.24. The van der Waals surface area contributed by atoms with E-state index < -0.39 is 0 Å². The number of H-pyrrole nitrogens is 1. The third-order valence-electron chi connectivity index (χ3n) is 2.33. The Labute approximate surface area is 128 Å². The third-order valence-corrected chi connectivity index (χ3v) is 2.79. The van der Waals surface area contributed by atoms with Gasteiger partial charge in [-0.05, 0) is 6.07 Å². The van der Waals surface area contributed by atoms with E-state index in [-0.39, 0.29) is 5.88 Å². The van der Waals surface area contributed by atoms with Crippen molar-refractivity contribution >= 4 is 44.0 Å². The first-order valence-corrected chi connectivity index (χ1v) is 6.89. The van der Waals surface area contributed by atoms with Crippen LogP contribution < -0.4 is 5.11 Å². The van der Waals surface area contributed by atoms with Gasteiger partial charge in [0.25, 0.3) is 0 Å². The summed E-state index contributed by atoms with van der Waals surface area (Å²) in [5.74, 6) is 0.0280. The van der Waals surface area contributed by atoms with E-state index in [1.807, 2.05) is 38.4 Å². The van der Waals surface area contributed by atoms with E-state index in [9.17, 15) is 5.11 Å². The van der Waals surface area contributed by atoms with Crippen LogP contribution >= 0.6 is 22.3 Å². The Hall–Kier alpha value is -1.14. The first kappa shape index (κ1) is 15.9. The van der Waals surface area contributed by atoms with E-state index in [1.54, 1.807) is 4.90 Å². The molecule has 0 saturated carbocycles. The summed E-state index contributed by atoms with van der Waals surface area (Å²) in [6, 6.07) is 7.53. The van der Waals surface area contributed by atoms with Crippen LogP contribution in [0.1, 0.15) is 0 Å². The van der Waals surface area contributed by atoms with Crippen molar-refractivity contribution in [2.45, 2.75) is 0 Å². The Morgan fingerprint density at radius 1 is 1.42 bits per heavy atom. The summed E-state index contributed by atoms with van der Waals surface area (Å²) in [7, 11) is 7.84. The second kappa shape index (κ2) is 7.45. The molecule has 0 unspecified atom stereocenters. The van der Waals surface area contributed by atoms with Crippen molar-refractivity contribution in [1.82, 2.24) is 9.88 Å². The number of aromatic nitrogens is 1. The fourth-order valence-electron chi connectivity index (χ4n) is 1.43. The molecule has 0 atom stereocenters. The van der Waals surface area contributed by atoms with E-state index in [0.29, 0.717) is 10.8 Å². The molecular formula is C11H13ClCuN4OS+2. The molecule has 0 fully saturated rings. The topological polar surface area (TPSA) is 65.6 Å². The molecule has 2 rings (SSSR count). The molecule has 0 amide bonds. The zero-order chi connectivity index (χ0) is 14.4. The molecule has 0 aliphatic heterocycles. The predicted octanol–water partition coefficient (Wildman–Crippen LogP) is 1.57. The Bertz CT molecular complexity index is 599. The molecule has 19 heavy (non-hydrogen) atoms. The van der Waals surface area contributed by atoms with Crippen molar-refractivity contribution in [2.24, 2.45) is 5.11 Å². The Morgan fingerprint density at radius 2 is 2.05 bits per heavy atom. The van der Waals surface area contributed by atoms with Crippen LogP contribution in [0.4, 0.5) is 5.69 Å². The minimum atomic E-state index is 0.0280.